The van der Waals surface area contributed by atoms with E-state index in [1.54, 1.807) is 30.3 Å². The first kappa shape index (κ1) is 13.8. The molecular formula is C14H13NO5. The van der Waals surface area contributed by atoms with Crippen molar-refractivity contribution < 1.29 is 20.1 Å². The van der Waals surface area contributed by atoms with Gasteiger partial charge in [-0.1, -0.05) is 30.3 Å². The number of carboxylic acids is 1. The Morgan fingerprint density at radius 1 is 1.20 bits per heavy atom. The quantitative estimate of drug-likeness (QED) is 0.763. The molecule has 1 aromatic heterocycles. The van der Waals surface area contributed by atoms with Gasteiger partial charge in [-0.2, -0.15) is 0 Å². The average Bonchev–Trinajstić information content (AvgIpc) is 2.43. The van der Waals surface area contributed by atoms with Crippen LogP contribution in [0.3, 0.4) is 0 Å². The van der Waals surface area contributed by atoms with Crippen LogP contribution in [0.25, 0.3) is 0 Å². The van der Waals surface area contributed by atoms with Gasteiger partial charge in [-0.25, -0.2) is 0 Å². The molecule has 0 spiro atoms. The zero-order chi connectivity index (χ0) is 14.7. The molecule has 0 saturated carbocycles. The summed E-state index contributed by atoms with van der Waals surface area (Å²) in [5, 5.41) is 29.0. The minimum absolute atomic E-state index is 0.133. The molecule has 6 nitrogen and oxygen atoms in total. The normalized spacial score (nSPS) is 12.1. The summed E-state index contributed by atoms with van der Waals surface area (Å²) in [5.74, 6) is -1.79. The third kappa shape index (κ3) is 2.70. The fourth-order valence-electron chi connectivity index (χ4n) is 1.94. The van der Waals surface area contributed by atoms with Gasteiger partial charge in [0.05, 0.1) is 5.69 Å². The van der Waals surface area contributed by atoms with Crippen LogP contribution in [0.4, 0.5) is 0 Å². The van der Waals surface area contributed by atoms with Crippen LogP contribution in [0, 0.1) is 0 Å². The number of carboxylic acid groups (broad SMARTS) is 1. The number of aliphatic carboxylic acids is 1. The molecule has 1 unspecified atom stereocenters. The number of aromatic hydroxyl groups is 1. The van der Waals surface area contributed by atoms with Crippen molar-refractivity contribution in [3.05, 3.63) is 64.1 Å². The van der Waals surface area contributed by atoms with Crippen molar-refractivity contribution in [1.29, 1.82) is 0 Å². The van der Waals surface area contributed by atoms with E-state index in [-0.39, 0.29) is 5.69 Å². The van der Waals surface area contributed by atoms with Gasteiger partial charge in [-0.15, -0.1) is 0 Å². The molecule has 0 saturated heterocycles. The fraction of sp³-hybridized carbons (Fsp3) is 0.143. The van der Waals surface area contributed by atoms with E-state index in [4.69, 9.17) is 5.11 Å². The maximum Gasteiger partial charge on any atom is 0.323 e. The largest absolute Gasteiger partial charge is 0.503 e. The standard InChI is InChI=1S/C14H13NO5/c16-10-6-7-15(8-11(17)18)12(14(10)20)13(19)9-4-2-1-3-5-9/h1-7,13,19-20H,8H2,(H,17,18). The molecule has 20 heavy (non-hydrogen) atoms. The van der Waals surface area contributed by atoms with Crippen LogP contribution >= 0.6 is 0 Å². The number of aliphatic hydroxyl groups excluding tert-OH is 1. The lowest BCUT2D eigenvalue weighted by atomic mass is 10.0. The predicted octanol–water partition coefficient (Wildman–Crippen LogP) is 0.720. The van der Waals surface area contributed by atoms with Gasteiger partial charge in [-0.05, 0) is 5.56 Å². The SMILES string of the molecule is O=C(O)Cn1ccc(=O)c(O)c1C(O)c1ccccc1. The average molecular weight is 275 g/mol. The van der Waals surface area contributed by atoms with E-state index in [2.05, 4.69) is 0 Å². The summed E-state index contributed by atoms with van der Waals surface area (Å²) in [7, 11) is 0. The molecule has 104 valence electrons. The number of hydrogen-bond acceptors (Lipinski definition) is 4. The maximum absolute atomic E-state index is 11.5. The number of nitrogens with zero attached hydrogens (tertiary/aromatic N) is 1. The second-order valence-corrected chi connectivity index (χ2v) is 4.25. The lowest BCUT2D eigenvalue weighted by Crippen LogP contribution is -2.20. The van der Waals surface area contributed by atoms with Crippen LogP contribution in [0.1, 0.15) is 17.4 Å². The molecule has 0 aliphatic heterocycles. The molecule has 2 aromatic rings. The summed E-state index contributed by atoms with van der Waals surface area (Å²) in [5.41, 5.74) is -0.352. The molecule has 0 bridgehead atoms. The molecular weight excluding hydrogens is 262 g/mol. The number of rotatable bonds is 4. The molecule has 2 rings (SSSR count). The molecule has 6 heteroatoms. The summed E-state index contributed by atoms with van der Waals surface area (Å²) in [6.45, 7) is -0.465. The topological polar surface area (TPSA) is 99.8 Å². The van der Waals surface area contributed by atoms with E-state index in [0.29, 0.717) is 5.56 Å². The number of pyridine rings is 1. The summed E-state index contributed by atoms with van der Waals surface area (Å²) in [6.07, 6.45) is -0.0538. The van der Waals surface area contributed by atoms with Crippen molar-refractivity contribution in [3.63, 3.8) is 0 Å². The Morgan fingerprint density at radius 2 is 1.85 bits per heavy atom. The van der Waals surface area contributed by atoms with Crippen LogP contribution in [-0.4, -0.2) is 25.9 Å². The van der Waals surface area contributed by atoms with Gasteiger partial charge in [0.25, 0.3) is 0 Å². The predicted molar refractivity (Wildman–Crippen MR) is 70.5 cm³/mol. The summed E-state index contributed by atoms with van der Waals surface area (Å²) >= 11 is 0. The highest BCUT2D eigenvalue weighted by Gasteiger charge is 2.21. The monoisotopic (exact) mass is 275 g/mol. The van der Waals surface area contributed by atoms with Crippen molar-refractivity contribution in [3.8, 4) is 5.75 Å². The first-order chi connectivity index (χ1) is 9.50. The number of hydrogen-bond donors (Lipinski definition) is 3. The minimum atomic E-state index is -1.29. The van der Waals surface area contributed by atoms with Crippen molar-refractivity contribution in [2.75, 3.05) is 0 Å². The lowest BCUT2D eigenvalue weighted by Gasteiger charge is -2.18. The first-order valence-electron chi connectivity index (χ1n) is 5.88. The van der Waals surface area contributed by atoms with Gasteiger partial charge in [0, 0.05) is 12.3 Å². The zero-order valence-corrected chi connectivity index (χ0v) is 10.4. The Kier molecular flexibility index (Phi) is 3.86. The molecule has 0 fully saturated rings. The van der Waals surface area contributed by atoms with Gasteiger partial charge >= 0.3 is 5.97 Å². The van der Waals surface area contributed by atoms with Gasteiger partial charge in [0.2, 0.25) is 5.43 Å². The zero-order valence-electron chi connectivity index (χ0n) is 10.4. The highest BCUT2D eigenvalue weighted by molar-refractivity contribution is 5.66. The van der Waals surface area contributed by atoms with E-state index in [1.807, 2.05) is 0 Å². The van der Waals surface area contributed by atoms with Crippen LogP contribution in [0.2, 0.25) is 0 Å². The molecule has 0 amide bonds. The molecule has 1 heterocycles. The van der Waals surface area contributed by atoms with Crippen LogP contribution in [0.15, 0.2) is 47.4 Å². The van der Waals surface area contributed by atoms with Crippen LogP contribution in [0.5, 0.6) is 5.75 Å². The Labute approximate surface area is 114 Å². The van der Waals surface area contributed by atoms with E-state index >= 15 is 0 Å². The summed E-state index contributed by atoms with van der Waals surface area (Å²) in [4.78, 5) is 22.3. The molecule has 0 radical (unpaired) electrons. The van der Waals surface area contributed by atoms with Crippen molar-refractivity contribution in [2.24, 2.45) is 0 Å². The van der Waals surface area contributed by atoms with Crippen molar-refractivity contribution >= 4 is 5.97 Å². The minimum Gasteiger partial charge on any atom is -0.503 e. The van der Waals surface area contributed by atoms with E-state index in [1.165, 1.54) is 6.20 Å². The third-order valence-corrected chi connectivity index (χ3v) is 2.87. The lowest BCUT2D eigenvalue weighted by molar-refractivity contribution is -0.137. The summed E-state index contributed by atoms with van der Waals surface area (Å²) < 4.78 is 1.14. The molecule has 1 aromatic carbocycles. The Hall–Kier alpha value is -2.60. The summed E-state index contributed by atoms with van der Waals surface area (Å²) in [6, 6.07) is 9.43. The van der Waals surface area contributed by atoms with Gasteiger partial charge < -0.3 is 19.9 Å². The molecule has 1 atom stereocenters. The fourth-order valence-corrected chi connectivity index (χ4v) is 1.94. The Morgan fingerprint density at radius 3 is 2.45 bits per heavy atom. The number of aliphatic hydroxyl groups is 1. The van der Waals surface area contributed by atoms with Crippen LogP contribution < -0.4 is 5.43 Å². The Bertz CT molecular complexity index is 678. The number of benzene rings is 1. The molecule has 0 aliphatic carbocycles. The molecule has 0 aliphatic rings. The highest BCUT2D eigenvalue weighted by atomic mass is 16.4. The van der Waals surface area contributed by atoms with Crippen molar-refractivity contribution in [1.82, 2.24) is 4.57 Å². The maximum atomic E-state index is 11.5. The second kappa shape index (κ2) is 5.58. The molecule has 3 N–H and O–H groups in total. The Balaban J connectivity index is 2.56. The second-order valence-electron chi connectivity index (χ2n) is 4.25. The van der Waals surface area contributed by atoms with Crippen LogP contribution in [-0.2, 0) is 11.3 Å². The van der Waals surface area contributed by atoms with Crippen molar-refractivity contribution in [2.45, 2.75) is 12.6 Å². The third-order valence-electron chi connectivity index (χ3n) is 2.87. The van der Waals surface area contributed by atoms with Gasteiger partial charge in [0.15, 0.2) is 5.75 Å². The smallest absolute Gasteiger partial charge is 0.323 e. The van der Waals surface area contributed by atoms with Gasteiger partial charge in [-0.3, -0.25) is 9.59 Å². The van der Waals surface area contributed by atoms with E-state index < -0.39 is 29.8 Å². The first-order valence-corrected chi connectivity index (χ1v) is 5.88. The number of aromatic nitrogens is 1. The van der Waals surface area contributed by atoms with E-state index in [0.717, 1.165) is 10.6 Å². The van der Waals surface area contributed by atoms with E-state index in [9.17, 15) is 19.8 Å². The number of carbonyl (C=O) groups is 1. The highest BCUT2D eigenvalue weighted by Crippen LogP contribution is 2.26. The van der Waals surface area contributed by atoms with Gasteiger partial charge in [0.1, 0.15) is 12.6 Å².